The molecule has 3 aromatic rings. The zero-order valence-corrected chi connectivity index (χ0v) is 15.1. The summed E-state index contributed by atoms with van der Waals surface area (Å²) < 4.78 is 24.9. The number of benzene rings is 3. The molecular weight excluding hydrogens is 347 g/mol. The summed E-state index contributed by atoms with van der Waals surface area (Å²) in [5.74, 6) is 0. The van der Waals surface area contributed by atoms with Crippen molar-refractivity contribution >= 4 is 24.3 Å². The van der Waals surface area contributed by atoms with Crippen LogP contribution in [0.1, 0.15) is 11.1 Å². The summed E-state index contributed by atoms with van der Waals surface area (Å²) >= 11 is 0. The van der Waals surface area contributed by atoms with Crippen molar-refractivity contribution in [3.63, 3.8) is 0 Å². The molecule has 0 unspecified atom stereocenters. The highest BCUT2D eigenvalue weighted by atomic mass is 31.2. The van der Waals surface area contributed by atoms with Crippen LogP contribution in [0.5, 0.6) is 0 Å². The fraction of sp³-hybridized carbons (Fsp3) is 0.100. The van der Waals surface area contributed by atoms with Crippen molar-refractivity contribution in [2.75, 3.05) is 11.5 Å². The van der Waals surface area contributed by atoms with E-state index in [1.54, 1.807) is 48.5 Å². The van der Waals surface area contributed by atoms with Crippen molar-refractivity contribution in [2.45, 2.75) is 13.2 Å². The van der Waals surface area contributed by atoms with Gasteiger partial charge >= 0.3 is 7.60 Å². The van der Waals surface area contributed by atoms with E-state index >= 15 is 0 Å². The highest BCUT2D eigenvalue weighted by Crippen LogP contribution is 2.48. The number of hydrogen-bond donors (Lipinski definition) is 2. The average Bonchev–Trinajstić information content (AvgIpc) is 2.68. The molecular formula is C20H21N2O3P. The standard InChI is InChI=1S/C20H21N2O3P/c21-18-10-6-16(7-11-18)14-24-26(23,20-4-2-1-3-5-20)25-15-17-8-12-19(22)13-9-17/h1-13H,14-15,21-22H2. The van der Waals surface area contributed by atoms with Crippen LogP contribution in [0, 0.1) is 0 Å². The molecule has 0 amide bonds. The molecule has 134 valence electrons. The first kappa shape index (κ1) is 18.2. The van der Waals surface area contributed by atoms with Gasteiger partial charge in [-0.25, -0.2) is 0 Å². The van der Waals surface area contributed by atoms with E-state index in [9.17, 15) is 4.57 Å². The summed E-state index contributed by atoms with van der Waals surface area (Å²) in [6.07, 6.45) is 0. The van der Waals surface area contributed by atoms with Crippen LogP contribution >= 0.6 is 7.60 Å². The molecule has 0 aromatic heterocycles. The second-order valence-electron chi connectivity index (χ2n) is 5.86. The Kier molecular flexibility index (Phi) is 5.74. The van der Waals surface area contributed by atoms with Gasteiger partial charge in [0.1, 0.15) is 0 Å². The largest absolute Gasteiger partial charge is 0.399 e. The highest BCUT2D eigenvalue weighted by molar-refractivity contribution is 7.62. The zero-order chi connectivity index (χ0) is 18.4. The minimum absolute atomic E-state index is 0.161. The van der Waals surface area contributed by atoms with Crippen molar-refractivity contribution in [2.24, 2.45) is 0 Å². The van der Waals surface area contributed by atoms with Crippen LogP contribution in [0.4, 0.5) is 11.4 Å². The van der Waals surface area contributed by atoms with E-state index in [0.29, 0.717) is 16.7 Å². The Morgan fingerprint density at radius 3 is 1.50 bits per heavy atom. The van der Waals surface area contributed by atoms with Gasteiger partial charge in [-0.15, -0.1) is 0 Å². The number of hydrogen-bond acceptors (Lipinski definition) is 5. The van der Waals surface area contributed by atoms with E-state index in [4.69, 9.17) is 20.5 Å². The lowest BCUT2D eigenvalue weighted by molar-refractivity contribution is 0.200. The maximum atomic E-state index is 13.4. The second-order valence-corrected chi connectivity index (χ2v) is 7.89. The predicted molar refractivity (Wildman–Crippen MR) is 105 cm³/mol. The SMILES string of the molecule is Nc1ccc(COP(=O)(OCc2ccc(N)cc2)c2ccccc2)cc1. The van der Waals surface area contributed by atoms with Gasteiger partial charge in [0, 0.05) is 11.4 Å². The van der Waals surface area contributed by atoms with Gasteiger partial charge in [0.15, 0.2) is 0 Å². The Hall–Kier alpha value is -2.59. The molecule has 26 heavy (non-hydrogen) atoms. The van der Waals surface area contributed by atoms with Crippen molar-refractivity contribution in [3.05, 3.63) is 90.0 Å². The van der Waals surface area contributed by atoms with Crippen molar-refractivity contribution in [1.29, 1.82) is 0 Å². The minimum Gasteiger partial charge on any atom is -0.399 e. The number of nitrogens with two attached hydrogens (primary N) is 2. The van der Waals surface area contributed by atoms with Gasteiger partial charge in [-0.3, -0.25) is 4.57 Å². The highest BCUT2D eigenvalue weighted by Gasteiger charge is 2.27. The lowest BCUT2D eigenvalue weighted by Crippen LogP contribution is -2.10. The third kappa shape index (κ3) is 4.73. The van der Waals surface area contributed by atoms with E-state index in [1.807, 2.05) is 30.3 Å². The number of rotatable bonds is 7. The third-order valence-corrected chi connectivity index (χ3v) is 5.70. The fourth-order valence-electron chi connectivity index (χ4n) is 2.34. The van der Waals surface area contributed by atoms with Gasteiger partial charge in [0.25, 0.3) is 0 Å². The van der Waals surface area contributed by atoms with Crippen molar-refractivity contribution < 1.29 is 13.6 Å². The minimum atomic E-state index is -3.49. The van der Waals surface area contributed by atoms with Crippen molar-refractivity contribution in [3.8, 4) is 0 Å². The molecule has 0 aliphatic heterocycles. The maximum absolute atomic E-state index is 13.4. The Balaban J connectivity index is 1.76. The normalized spacial score (nSPS) is 11.4. The molecule has 0 fully saturated rings. The molecule has 0 radical (unpaired) electrons. The Bertz CT molecular complexity index is 828. The summed E-state index contributed by atoms with van der Waals surface area (Å²) in [4.78, 5) is 0. The summed E-state index contributed by atoms with van der Waals surface area (Å²) in [6, 6.07) is 23.4. The molecule has 0 bridgehead atoms. The van der Waals surface area contributed by atoms with Crippen LogP contribution in [0.15, 0.2) is 78.9 Å². The number of anilines is 2. The lowest BCUT2D eigenvalue weighted by atomic mass is 10.2. The van der Waals surface area contributed by atoms with Crippen LogP contribution in [0.2, 0.25) is 0 Å². The first-order chi connectivity index (χ1) is 12.5. The predicted octanol–water partition coefficient (Wildman–Crippen LogP) is 4.10. The fourth-order valence-corrected chi connectivity index (χ4v) is 3.89. The van der Waals surface area contributed by atoms with Gasteiger partial charge in [0.05, 0.1) is 18.5 Å². The first-order valence-corrected chi connectivity index (χ1v) is 9.73. The van der Waals surface area contributed by atoms with E-state index in [-0.39, 0.29) is 13.2 Å². The van der Waals surface area contributed by atoms with E-state index in [0.717, 1.165) is 11.1 Å². The zero-order valence-electron chi connectivity index (χ0n) is 14.2. The number of nitrogen functional groups attached to an aromatic ring is 2. The molecule has 0 saturated carbocycles. The van der Waals surface area contributed by atoms with E-state index < -0.39 is 7.60 Å². The van der Waals surface area contributed by atoms with Crippen LogP contribution in [0.25, 0.3) is 0 Å². The van der Waals surface area contributed by atoms with Crippen LogP contribution in [0.3, 0.4) is 0 Å². The lowest BCUT2D eigenvalue weighted by Gasteiger charge is -2.19. The van der Waals surface area contributed by atoms with Gasteiger partial charge in [0.2, 0.25) is 0 Å². The van der Waals surface area contributed by atoms with Gasteiger partial charge in [-0.2, -0.15) is 0 Å². The molecule has 0 spiro atoms. The second kappa shape index (κ2) is 8.19. The monoisotopic (exact) mass is 368 g/mol. The average molecular weight is 368 g/mol. The molecule has 0 saturated heterocycles. The molecule has 0 atom stereocenters. The Morgan fingerprint density at radius 2 is 1.08 bits per heavy atom. The molecule has 0 heterocycles. The summed E-state index contributed by atoms with van der Waals surface area (Å²) in [5, 5.41) is 0.519. The molecule has 5 nitrogen and oxygen atoms in total. The molecule has 0 aliphatic carbocycles. The van der Waals surface area contributed by atoms with Gasteiger partial charge in [-0.05, 0) is 47.5 Å². The van der Waals surface area contributed by atoms with Crippen LogP contribution in [-0.2, 0) is 26.8 Å². The Labute approximate surface area is 153 Å². The van der Waals surface area contributed by atoms with Gasteiger partial charge < -0.3 is 20.5 Å². The smallest absolute Gasteiger partial charge is 0.361 e. The Morgan fingerprint density at radius 1 is 0.654 bits per heavy atom. The third-order valence-electron chi connectivity index (χ3n) is 3.83. The van der Waals surface area contributed by atoms with E-state index in [1.165, 1.54) is 0 Å². The molecule has 4 N–H and O–H groups in total. The topological polar surface area (TPSA) is 87.6 Å². The maximum Gasteiger partial charge on any atom is 0.361 e. The summed E-state index contributed by atoms with van der Waals surface area (Å²) in [5.41, 5.74) is 14.5. The van der Waals surface area contributed by atoms with E-state index in [2.05, 4.69) is 0 Å². The molecule has 3 aromatic carbocycles. The van der Waals surface area contributed by atoms with Crippen molar-refractivity contribution in [1.82, 2.24) is 0 Å². The molecule has 3 rings (SSSR count). The quantitative estimate of drug-likeness (QED) is 0.484. The van der Waals surface area contributed by atoms with Gasteiger partial charge in [-0.1, -0.05) is 42.5 Å². The molecule has 0 aliphatic rings. The van der Waals surface area contributed by atoms with Crippen LogP contribution < -0.4 is 16.8 Å². The first-order valence-electron chi connectivity index (χ1n) is 8.19. The van der Waals surface area contributed by atoms with Crippen LogP contribution in [-0.4, -0.2) is 0 Å². The summed E-state index contributed by atoms with van der Waals surface area (Å²) in [7, 11) is -3.49. The molecule has 6 heteroatoms. The summed E-state index contributed by atoms with van der Waals surface area (Å²) in [6.45, 7) is 0.322.